The van der Waals surface area contributed by atoms with Crippen LogP contribution in [0.3, 0.4) is 0 Å². The molecular weight excluding hydrogens is 240 g/mol. The number of ether oxygens (including phenoxy) is 1. The Morgan fingerprint density at radius 1 is 1.37 bits per heavy atom. The molecule has 2 aliphatic carbocycles. The lowest BCUT2D eigenvalue weighted by Gasteiger charge is -2.18. The molecule has 0 bridgehead atoms. The number of rotatable bonds is 2. The smallest absolute Gasteiger partial charge is 0.333 e. The topological polar surface area (TPSA) is 43.4 Å². The van der Waals surface area contributed by atoms with Gasteiger partial charge < -0.3 is 4.74 Å². The number of hydrogen-bond acceptors (Lipinski definition) is 3. The summed E-state index contributed by atoms with van der Waals surface area (Å²) in [6, 6.07) is 0. The zero-order valence-corrected chi connectivity index (χ0v) is 11.7. The normalized spacial score (nSPS) is 30.1. The fourth-order valence-corrected chi connectivity index (χ4v) is 3.01. The lowest BCUT2D eigenvalue weighted by molar-refractivity contribution is -0.136. The molecule has 0 saturated carbocycles. The van der Waals surface area contributed by atoms with Crippen molar-refractivity contribution in [2.75, 3.05) is 7.11 Å². The lowest BCUT2D eigenvalue weighted by Crippen LogP contribution is -2.13. The predicted molar refractivity (Wildman–Crippen MR) is 73.4 cm³/mol. The summed E-state index contributed by atoms with van der Waals surface area (Å²) >= 11 is 0. The monoisotopic (exact) mass is 260 g/mol. The fourth-order valence-electron chi connectivity index (χ4n) is 3.01. The zero-order chi connectivity index (χ0) is 14.2. The molecule has 19 heavy (non-hydrogen) atoms. The Kier molecular flexibility index (Phi) is 3.74. The minimum atomic E-state index is -0.372. The van der Waals surface area contributed by atoms with Crippen molar-refractivity contribution in [1.82, 2.24) is 0 Å². The van der Waals surface area contributed by atoms with Crippen LogP contribution < -0.4 is 0 Å². The van der Waals surface area contributed by atoms with Crippen molar-refractivity contribution in [1.29, 1.82) is 0 Å². The van der Waals surface area contributed by atoms with Crippen LogP contribution in [-0.2, 0) is 14.3 Å². The van der Waals surface area contributed by atoms with E-state index in [1.807, 2.05) is 13.0 Å². The first-order valence-corrected chi connectivity index (χ1v) is 6.64. The highest BCUT2D eigenvalue weighted by Crippen LogP contribution is 2.42. The Bertz CT molecular complexity index is 496. The van der Waals surface area contributed by atoms with Gasteiger partial charge in [-0.1, -0.05) is 31.2 Å². The fraction of sp³-hybridized carbons (Fsp3) is 0.500. The summed E-state index contributed by atoms with van der Waals surface area (Å²) in [6.45, 7) is 7.86. The Balaban J connectivity index is 2.31. The first kappa shape index (κ1) is 13.8. The lowest BCUT2D eigenvalue weighted by atomic mass is 9.85. The molecule has 0 unspecified atom stereocenters. The summed E-state index contributed by atoms with van der Waals surface area (Å²) in [7, 11) is 1.36. The molecule has 0 heterocycles. The standard InChI is InChI=1S/C16H20O3/c1-9-5-6-12(10(2)16(18)19-4)7-14-11(3)15(17)8-13(9)14/h5-6,9,12-13H,2,7-8H2,1,3-4H3/t9-,12+,13-/m0/s1. The molecule has 102 valence electrons. The minimum Gasteiger partial charge on any atom is -0.466 e. The van der Waals surface area contributed by atoms with Gasteiger partial charge >= 0.3 is 5.97 Å². The molecule has 3 atom stereocenters. The van der Waals surface area contributed by atoms with Gasteiger partial charge in [-0.05, 0) is 30.8 Å². The molecule has 2 rings (SSSR count). The van der Waals surface area contributed by atoms with Crippen molar-refractivity contribution in [3.8, 4) is 0 Å². The van der Waals surface area contributed by atoms with E-state index in [-0.39, 0.29) is 17.7 Å². The van der Waals surface area contributed by atoms with Gasteiger partial charge in [-0.25, -0.2) is 4.79 Å². The van der Waals surface area contributed by atoms with Gasteiger partial charge in [-0.15, -0.1) is 0 Å². The van der Waals surface area contributed by atoms with E-state index < -0.39 is 0 Å². The van der Waals surface area contributed by atoms with Gasteiger partial charge in [-0.3, -0.25) is 4.79 Å². The molecule has 0 aliphatic heterocycles. The molecular formula is C16H20O3. The number of esters is 1. The second kappa shape index (κ2) is 5.16. The van der Waals surface area contributed by atoms with E-state index in [4.69, 9.17) is 4.74 Å². The van der Waals surface area contributed by atoms with Crippen molar-refractivity contribution in [2.45, 2.75) is 26.7 Å². The first-order chi connectivity index (χ1) is 8.95. The Hall–Kier alpha value is -1.64. The SMILES string of the molecule is C=C(C(=O)OC)[C@@H]1C=C[C@H](C)[C@@H]2CC(=O)C(C)=C2C1. The van der Waals surface area contributed by atoms with Crippen molar-refractivity contribution in [2.24, 2.45) is 17.8 Å². The minimum absolute atomic E-state index is 0.0595. The van der Waals surface area contributed by atoms with E-state index >= 15 is 0 Å². The van der Waals surface area contributed by atoms with E-state index in [1.165, 1.54) is 12.7 Å². The van der Waals surface area contributed by atoms with Gasteiger partial charge in [-0.2, -0.15) is 0 Å². The number of fused-ring (bicyclic) bond motifs is 1. The third kappa shape index (κ3) is 2.42. The number of ketones is 1. The molecule has 0 saturated heterocycles. The number of carbonyl (C=O) groups is 2. The quantitative estimate of drug-likeness (QED) is 0.435. The third-order valence-electron chi connectivity index (χ3n) is 4.37. The second-order valence-corrected chi connectivity index (χ2v) is 5.46. The van der Waals surface area contributed by atoms with Gasteiger partial charge in [0.15, 0.2) is 5.78 Å². The van der Waals surface area contributed by atoms with Crippen LogP contribution >= 0.6 is 0 Å². The van der Waals surface area contributed by atoms with Crippen LogP contribution in [0.25, 0.3) is 0 Å². The van der Waals surface area contributed by atoms with E-state index in [9.17, 15) is 9.59 Å². The summed E-state index contributed by atoms with van der Waals surface area (Å²) in [5.74, 6) is 0.426. The van der Waals surface area contributed by atoms with Crippen LogP contribution in [0.15, 0.2) is 35.5 Å². The van der Waals surface area contributed by atoms with Gasteiger partial charge in [0, 0.05) is 17.9 Å². The van der Waals surface area contributed by atoms with Crippen LogP contribution in [0.5, 0.6) is 0 Å². The molecule has 0 aromatic carbocycles. The van der Waals surface area contributed by atoms with E-state index in [2.05, 4.69) is 19.6 Å². The molecule has 0 radical (unpaired) electrons. The molecule has 0 spiro atoms. The summed E-state index contributed by atoms with van der Waals surface area (Å²) in [5, 5.41) is 0. The first-order valence-electron chi connectivity index (χ1n) is 6.64. The average molecular weight is 260 g/mol. The van der Waals surface area contributed by atoms with Crippen LogP contribution in [0, 0.1) is 17.8 Å². The van der Waals surface area contributed by atoms with Crippen LogP contribution in [0.1, 0.15) is 26.7 Å². The van der Waals surface area contributed by atoms with E-state index in [0.29, 0.717) is 30.3 Å². The van der Waals surface area contributed by atoms with Gasteiger partial charge in [0.1, 0.15) is 0 Å². The number of hydrogen-bond donors (Lipinski definition) is 0. The van der Waals surface area contributed by atoms with Gasteiger partial charge in [0.05, 0.1) is 7.11 Å². The van der Waals surface area contributed by atoms with Crippen molar-refractivity contribution in [3.63, 3.8) is 0 Å². The van der Waals surface area contributed by atoms with Crippen molar-refractivity contribution < 1.29 is 14.3 Å². The molecule has 0 aromatic heterocycles. The van der Waals surface area contributed by atoms with Crippen LogP contribution in [-0.4, -0.2) is 18.9 Å². The summed E-state index contributed by atoms with van der Waals surface area (Å²) in [6.07, 6.45) is 5.44. The molecule has 0 aromatic rings. The average Bonchev–Trinajstić information content (AvgIpc) is 2.59. The molecule has 3 heteroatoms. The largest absolute Gasteiger partial charge is 0.466 e. The van der Waals surface area contributed by atoms with E-state index in [1.54, 1.807) is 0 Å². The maximum atomic E-state index is 11.9. The Morgan fingerprint density at radius 3 is 2.68 bits per heavy atom. The maximum Gasteiger partial charge on any atom is 0.333 e. The molecule has 3 nitrogen and oxygen atoms in total. The zero-order valence-electron chi connectivity index (χ0n) is 11.7. The van der Waals surface area contributed by atoms with Gasteiger partial charge in [0.25, 0.3) is 0 Å². The second-order valence-electron chi connectivity index (χ2n) is 5.46. The highest BCUT2D eigenvalue weighted by atomic mass is 16.5. The number of methoxy groups -OCH3 is 1. The van der Waals surface area contributed by atoms with Crippen LogP contribution in [0.4, 0.5) is 0 Å². The summed E-state index contributed by atoms with van der Waals surface area (Å²) in [5.41, 5.74) is 2.53. The summed E-state index contributed by atoms with van der Waals surface area (Å²) < 4.78 is 4.74. The molecule has 2 aliphatic rings. The highest BCUT2D eigenvalue weighted by molar-refractivity contribution is 5.99. The number of allylic oxidation sites excluding steroid dienone is 4. The maximum absolute atomic E-state index is 11.9. The Morgan fingerprint density at radius 2 is 2.05 bits per heavy atom. The Labute approximate surface area is 114 Å². The molecule has 0 N–H and O–H groups in total. The molecule has 0 amide bonds. The van der Waals surface area contributed by atoms with Crippen molar-refractivity contribution in [3.05, 3.63) is 35.5 Å². The predicted octanol–water partition coefficient (Wildman–Crippen LogP) is 2.83. The van der Waals surface area contributed by atoms with Crippen LogP contribution in [0.2, 0.25) is 0 Å². The molecule has 0 fully saturated rings. The van der Waals surface area contributed by atoms with Crippen molar-refractivity contribution >= 4 is 11.8 Å². The highest BCUT2D eigenvalue weighted by Gasteiger charge is 2.36. The third-order valence-corrected chi connectivity index (χ3v) is 4.37. The van der Waals surface area contributed by atoms with Gasteiger partial charge in [0.2, 0.25) is 0 Å². The summed E-state index contributed by atoms with van der Waals surface area (Å²) in [4.78, 5) is 23.5. The number of Topliss-reactive ketones (excluding diaryl/α,β-unsaturated/α-hetero) is 1. The number of carbonyl (C=O) groups excluding carboxylic acids is 2. The van der Waals surface area contributed by atoms with E-state index in [0.717, 1.165) is 5.57 Å².